The molecule has 0 aromatic heterocycles. The van der Waals surface area contributed by atoms with Crippen molar-refractivity contribution < 1.29 is 19.0 Å². The second-order valence-electron chi connectivity index (χ2n) is 5.36. The molecule has 6 nitrogen and oxygen atoms in total. The van der Waals surface area contributed by atoms with Gasteiger partial charge in [-0.05, 0) is 37.1 Å². The molecule has 2 rings (SSSR count). The standard InChI is InChI=1S/C19H22N2O4/c1-3-24-9-5-8-21-19(22)16(12-20)11-14-10-15-6-4-7-17(23-2)18(15)25-13-14/h4,6-7,10-11H,3,5,8-9,13H2,1-2H3,(H,21,22). The first kappa shape index (κ1) is 18.6. The Balaban J connectivity index is 2.05. The zero-order valence-corrected chi connectivity index (χ0v) is 14.5. The van der Waals surface area contributed by atoms with Crippen molar-refractivity contribution in [3.8, 4) is 17.6 Å². The quantitative estimate of drug-likeness (QED) is 0.446. The van der Waals surface area contributed by atoms with E-state index in [1.165, 1.54) is 0 Å². The summed E-state index contributed by atoms with van der Waals surface area (Å²) in [4.78, 5) is 12.1. The molecule has 0 fully saturated rings. The molecule has 132 valence electrons. The number of carbonyl (C=O) groups is 1. The van der Waals surface area contributed by atoms with E-state index >= 15 is 0 Å². The summed E-state index contributed by atoms with van der Waals surface area (Å²) in [6, 6.07) is 7.52. The lowest BCUT2D eigenvalue weighted by Crippen LogP contribution is -2.26. The normalized spacial score (nSPS) is 13.2. The topological polar surface area (TPSA) is 80.6 Å². The van der Waals surface area contributed by atoms with Crippen LogP contribution in [-0.4, -0.2) is 39.4 Å². The molecule has 0 saturated carbocycles. The monoisotopic (exact) mass is 342 g/mol. The Morgan fingerprint density at radius 1 is 1.48 bits per heavy atom. The van der Waals surface area contributed by atoms with E-state index < -0.39 is 5.91 Å². The van der Waals surface area contributed by atoms with E-state index in [1.54, 1.807) is 13.2 Å². The van der Waals surface area contributed by atoms with Crippen molar-refractivity contribution in [2.45, 2.75) is 13.3 Å². The molecular formula is C19H22N2O4. The Morgan fingerprint density at radius 3 is 3.04 bits per heavy atom. The lowest BCUT2D eigenvalue weighted by molar-refractivity contribution is -0.117. The van der Waals surface area contributed by atoms with Crippen LogP contribution in [0.1, 0.15) is 18.9 Å². The van der Waals surface area contributed by atoms with Crippen molar-refractivity contribution in [1.82, 2.24) is 5.32 Å². The number of nitriles is 1. The number of carbonyl (C=O) groups excluding carboxylic acids is 1. The van der Waals surface area contributed by atoms with Gasteiger partial charge in [-0.15, -0.1) is 0 Å². The average molecular weight is 342 g/mol. The molecule has 0 atom stereocenters. The van der Waals surface area contributed by atoms with Crippen LogP contribution in [0.4, 0.5) is 0 Å². The third-order valence-electron chi connectivity index (χ3n) is 3.60. The van der Waals surface area contributed by atoms with Gasteiger partial charge in [0.1, 0.15) is 18.2 Å². The number of nitrogens with one attached hydrogen (secondary N) is 1. The number of rotatable bonds is 8. The van der Waals surface area contributed by atoms with Gasteiger partial charge in [-0.1, -0.05) is 12.1 Å². The number of para-hydroxylation sites is 1. The molecule has 1 aliphatic rings. The molecule has 0 spiro atoms. The fourth-order valence-electron chi connectivity index (χ4n) is 2.39. The minimum Gasteiger partial charge on any atom is -0.493 e. The molecule has 25 heavy (non-hydrogen) atoms. The fraction of sp³-hybridized carbons (Fsp3) is 0.368. The van der Waals surface area contributed by atoms with Gasteiger partial charge in [-0.25, -0.2) is 0 Å². The zero-order valence-electron chi connectivity index (χ0n) is 14.5. The highest BCUT2D eigenvalue weighted by Crippen LogP contribution is 2.35. The predicted octanol–water partition coefficient (Wildman–Crippen LogP) is 2.46. The molecule has 0 unspecified atom stereocenters. The van der Waals surface area contributed by atoms with Crippen LogP contribution in [0.2, 0.25) is 0 Å². The molecule has 0 radical (unpaired) electrons. The number of nitrogens with zero attached hydrogens (tertiary/aromatic N) is 1. The van der Waals surface area contributed by atoms with Crippen molar-refractivity contribution in [1.29, 1.82) is 5.26 Å². The number of methoxy groups -OCH3 is 1. The lowest BCUT2D eigenvalue weighted by Gasteiger charge is -2.18. The highest BCUT2D eigenvalue weighted by Gasteiger charge is 2.16. The third kappa shape index (κ3) is 5.10. The van der Waals surface area contributed by atoms with Crippen LogP contribution in [0.25, 0.3) is 6.08 Å². The summed E-state index contributed by atoms with van der Waals surface area (Å²) in [5.74, 6) is 0.932. The minimum atomic E-state index is -0.392. The van der Waals surface area contributed by atoms with Crippen molar-refractivity contribution >= 4 is 12.0 Å². The van der Waals surface area contributed by atoms with Gasteiger partial charge in [0.15, 0.2) is 11.5 Å². The van der Waals surface area contributed by atoms with E-state index in [4.69, 9.17) is 14.2 Å². The SMILES string of the molecule is CCOCCCNC(=O)C(C#N)=CC1=Cc2cccc(OC)c2OC1. The van der Waals surface area contributed by atoms with Crippen molar-refractivity contribution in [3.05, 3.63) is 41.0 Å². The van der Waals surface area contributed by atoms with Crippen LogP contribution in [0.15, 0.2) is 35.4 Å². The Labute approximate surface area is 147 Å². The third-order valence-corrected chi connectivity index (χ3v) is 3.60. The summed E-state index contributed by atoms with van der Waals surface area (Å²) in [5, 5.41) is 12.0. The maximum absolute atomic E-state index is 12.1. The molecule has 0 saturated heterocycles. The molecule has 6 heteroatoms. The van der Waals surface area contributed by atoms with Crippen molar-refractivity contribution in [2.75, 3.05) is 33.5 Å². The number of ether oxygens (including phenoxy) is 3. The van der Waals surface area contributed by atoms with Crippen LogP contribution >= 0.6 is 0 Å². The highest BCUT2D eigenvalue weighted by atomic mass is 16.5. The number of benzene rings is 1. The Bertz CT molecular complexity index is 717. The van der Waals surface area contributed by atoms with Crippen LogP contribution in [-0.2, 0) is 9.53 Å². The number of hydrogen-bond donors (Lipinski definition) is 1. The molecule has 1 N–H and O–H groups in total. The van der Waals surface area contributed by atoms with Crippen LogP contribution < -0.4 is 14.8 Å². The molecule has 0 bridgehead atoms. The zero-order chi connectivity index (χ0) is 18.1. The van der Waals surface area contributed by atoms with Crippen molar-refractivity contribution in [2.24, 2.45) is 0 Å². The van der Waals surface area contributed by atoms with E-state index in [0.29, 0.717) is 37.7 Å². The summed E-state index contributed by atoms with van der Waals surface area (Å²) in [6.07, 6.45) is 4.15. The van der Waals surface area contributed by atoms with Gasteiger partial charge in [-0.2, -0.15) is 5.26 Å². The summed E-state index contributed by atoms with van der Waals surface area (Å²) in [6.45, 7) is 3.89. The second kappa shape index (κ2) is 9.50. The van der Waals surface area contributed by atoms with Gasteiger partial charge >= 0.3 is 0 Å². The number of amides is 1. The van der Waals surface area contributed by atoms with E-state index in [9.17, 15) is 10.1 Å². The molecular weight excluding hydrogens is 320 g/mol. The molecule has 1 aromatic carbocycles. The number of hydrogen-bond acceptors (Lipinski definition) is 5. The Morgan fingerprint density at radius 2 is 2.32 bits per heavy atom. The van der Waals surface area contributed by atoms with Gasteiger partial charge in [0.05, 0.1) is 7.11 Å². The van der Waals surface area contributed by atoms with E-state index in [-0.39, 0.29) is 12.2 Å². The van der Waals surface area contributed by atoms with Crippen LogP contribution in [0.5, 0.6) is 11.5 Å². The first-order chi connectivity index (χ1) is 12.2. The van der Waals surface area contributed by atoms with E-state index in [1.807, 2.05) is 37.3 Å². The first-order valence-electron chi connectivity index (χ1n) is 8.17. The van der Waals surface area contributed by atoms with Gasteiger partial charge in [0, 0.05) is 25.3 Å². The number of fused-ring (bicyclic) bond motifs is 1. The van der Waals surface area contributed by atoms with Crippen LogP contribution in [0, 0.1) is 11.3 Å². The maximum atomic E-state index is 12.1. The van der Waals surface area contributed by atoms with Gasteiger partial charge in [0.2, 0.25) is 0 Å². The maximum Gasteiger partial charge on any atom is 0.261 e. The fourth-order valence-corrected chi connectivity index (χ4v) is 2.39. The average Bonchev–Trinajstić information content (AvgIpc) is 2.64. The van der Waals surface area contributed by atoms with E-state index in [0.717, 1.165) is 11.1 Å². The summed E-state index contributed by atoms with van der Waals surface area (Å²) in [5.41, 5.74) is 1.66. The smallest absolute Gasteiger partial charge is 0.261 e. The van der Waals surface area contributed by atoms with Gasteiger partial charge < -0.3 is 19.5 Å². The second-order valence-corrected chi connectivity index (χ2v) is 5.36. The molecule has 1 aromatic rings. The van der Waals surface area contributed by atoms with Gasteiger partial charge in [0.25, 0.3) is 5.91 Å². The summed E-state index contributed by atoms with van der Waals surface area (Å²) >= 11 is 0. The molecule has 1 heterocycles. The largest absolute Gasteiger partial charge is 0.493 e. The predicted molar refractivity (Wildman–Crippen MR) is 94.3 cm³/mol. The van der Waals surface area contributed by atoms with E-state index in [2.05, 4.69) is 5.32 Å². The summed E-state index contributed by atoms with van der Waals surface area (Å²) < 4.78 is 16.2. The molecule has 1 aliphatic heterocycles. The van der Waals surface area contributed by atoms with Crippen LogP contribution in [0.3, 0.4) is 0 Å². The Kier molecular flexibility index (Phi) is 7.05. The van der Waals surface area contributed by atoms with Crippen molar-refractivity contribution in [3.63, 3.8) is 0 Å². The lowest BCUT2D eigenvalue weighted by atomic mass is 10.0. The highest BCUT2D eigenvalue weighted by molar-refractivity contribution is 5.98. The molecule has 0 aliphatic carbocycles. The first-order valence-corrected chi connectivity index (χ1v) is 8.17. The van der Waals surface area contributed by atoms with Gasteiger partial charge in [-0.3, -0.25) is 4.79 Å². The Hall–Kier alpha value is -2.78. The summed E-state index contributed by atoms with van der Waals surface area (Å²) in [7, 11) is 1.59. The molecule has 1 amide bonds. The minimum absolute atomic E-state index is 0.0533.